The van der Waals surface area contributed by atoms with Gasteiger partial charge in [0.15, 0.2) is 0 Å². The van der Waals surface area contributed by atoms with Crippen LogP contribution < -0.4 is 11.5 Å². The van der Waals surface area contributed by atoms with Gasteiger partial charge in [0.1, 0.15) is 0 Å². The summed E-state index contributed by atoms with van der Waals surface area (Å²) in [6, 6.07) is 3.00. The van der Waals surface area contributed by atoms with Crippen molar-refractivity contribution >= 4 is 5.97 Å². The first kappa shape index (κ1) is 10.6. The number of nitrogens with zero attached hydrogens (tertiary/aromatic N) is 1. The Labute approximate surface area is 82.1 Å². The molecule has 1 atom stereocenters. The molecule has 76 valence electrons. The maximum absolute atomic E-state index is 11.0. The average Bonchev–Trinajstić information content (AvgIpc) is 2.27. The predicted molar refractivity (Wildman–Crippen MR) is 51.6 cm³/mol. The Bertz CT molecular complexity index is 310. The molecular weight excluding hydrogens is 182 g/mol. The van der Waals surface area contributed by atoms with Crippen LogP contribution in [0.25, 0.3) is 0 Å². The zero-order valence-corrected chi connectivity index (χ0v) is 7.93. The number of esters is 1. The number of ether oxygens (including phenoxy) is 1. The van der Waals surface area contributed by atoms with Crippen molar-refractivity contribution in [2.24, 2.45) is 11.5 Å². The second kappa shape index (κ2) is 4.69. The Hall–Kier alpha value is -1.46. The molecule has 0 saturated carbocycles. The summed E-state index contributed by atoms with van der Waals surface area (Å²) in [5.41, 5.74) is 12.1. The van der Waals surface area contributed by atoms with Crippen molar-refractivity contribution in [1.82, 2.24) is 4.98 Å². The minimum atomic E-state index is -0.412. The summed E-state index contributed by atoms with van der Waals surface area (Å²) in [6.07, 6.45) is 1.43. The number of nitrogens with two attached hydrogens (primary N) is 2. The lowest BCUT2D eigenvalue weighted by atomic mass is 10.2. The molecule has 0 bridgehead atoms. The lowest BCUT2D eigenvalue weighted by molar-refractivity contribution is 0.0600. The molecule has 5 heteroatoms. The Balaban J connectivity index is 2.83. The molecule has 0 aromatic carbocycles. The summed E-state index contributed by atoms with van der Waals surface area (Å²) in [4.78, 5) is 15.1. The fourth-order valence-corrected chi connectivity index (χ4v) is 0.984. The van der Waals surface area contributed by atoms with Gasteiger partial charge in [-0.25, -0.2) is 4.79 Å². The first-order valence-electron chi connectivity index (χ1n) is 4.19. The molecule has 0 aliphatic rings. The van der Waals surface area contributed by atoms with E-state index in [1.807, 2.05) is 0 Å². The molecule has 1 aromatic heterocycles. The highest BCUT2D eigenvalue weighted by molar-refractivity contribution is 5.88. The maximum Gasteiger partial charge on any atom is 0.339 e. The summed E-state index contributed by atoms with van der Waals surface area (Å²) in [6.45, 7) is 0.324. The van der Waals surface area contributed by atoms with E-state index in [2.05, 4.69) is 9.72 Å². The molecule has 1 heterocycles. The molecule has 0 saturated heterocycles. The van der Waals surface area contributed by atoms with E-state index in [1.54, 1.807) is 12.1 Å². The van der Waals surface area contributed by atoms with Gasteiger partial charge in [-0.15, -0.1) is 0 Å². The molecule has 14 heavy (non-hydrogen) atoms. The fourth-order valence-electron chi connectivity index (χ4n) is 0.984. The van der Waals surface area contributed by atoms with Gasteiger partial charge in [0, 0.05) is 12.7 Å². The standard InChI is InChI=1S/C9H13N3O2/c1-14-9(13)6-2-3-8(12-5-6)7(11)4-10/h2-3,5,7H,4,10-11H2,1H3. The molecule has 0 spiro atoms. The first-order valence-corrected chi connectivity index (χ1v) is 4.19. The van der Waals surface area contributed by atoms with Crippen molar-refractivity contribution in [3.05, 3.63) is 29.6 Å². The minimum absolute atomic E-state index is 0.290. The average molecular weight is 195 g/mol. The molecule has 0 radical (unpaired) electrons. The van der Waals surface area contributed by atoms with Crippen LogP contribution in [-0.2, 0) is 4.74 Å². The Morgan fingerprint density at radius 2 is 2.36 bits per heavy atom. The highest BCUT2D eigenvalue weighted by Gasteiger charge is 2.08. The van der Waals surface area contributed by atoms with Crippen LogP contribution >= 0.6 is 0 Å². The molecule has 0 fully saturated rings. The lowest BCUT2D eigenvalue weighted by Crippen LogP contribution is -2.21. The summed E-state index contributed by atoms with van der Waals surface area (Å²) >= 11 is 0. The van der Waals surface area contributed by atoms with Gasteiger partial charge in [0.25, 0.3) is 0 Å². The van der Waals surface area contributed by atoms with E-state index in [1.165, 1.54) is 13.3 Å². The van der Waals surface area contributed by atoms with Crippen LogP contribution in [-0.4, -0.2) is 24.6 Å². The highest BCUT2D eigenvalue weighted by atomic mass is 16.5. The van der Waals surface area contributed by atoms with E-state index in [0.29, 0.717) is 17.8 Å². The van der Waals surface area contributed by atoms with Gasteiger partial charge in [-0.2, -0.15) is 0 Å². The Morgan fingerprint density at radius 1 is 1.64 bits per heavy atom. The van der Waals surface area contributed by atoms with Crippen molar-refractivity contribution in [3.63, 3.8) is 0 Å². The molecule has 4 N–H and O–H groups in total. The van der Waals surface area contributed by atoms with Gasteiger partial charge >= 0.3 is 5.97 Å². The van der Waals surface area contributed by atoms with E-state index in [0.717, 1.165) is 0 Å². The summed E-state index contributed by atoms with van der Waals surface area (Å²) < 4.78 is 4.53. The normalized spacial score (nSPS) is 12.2. The monoisotopic (exact) mass is 195 g/mol. The number of hydrogen-bond donors (Lipinski definition) is 2. The van der Waals surface area contributed by atoms with E-state index < -0.39 is 5.97 Å². The molecule has 0 aliphatic heterocycles. The van der Waals surface area contributed by atoms with Crippen LogP contribution in [0.1, 0.15) is 22.1 Å². The van der Waals surface area contributed by atoms with E-state index in [4.69, 9.17) is 11.5 Å². The zero-order chi connectivity index (χ0) is 10.6. The molecule has 1 unspecified atom stereocenters. The van der Waals surface area contributed by atoms with Crippen molar-refractivity contribution in [3.8, 4) is 0 Å². The van der Waals surface area contributed by atoms with Crippen LogP contribution in [0.4, 0.5) is 0 Å². The van der Waals surface area contributed by atoms with Gasteiger partial charge in [0.05, 0.1) is 24.4 Å². The lowest BCUT2D eigenvalue weighted by Gasteiger charge is -2.07. The van der Waals surface area contributed by atoms with Crippen LogP contribution in [0.5, 0.6) is 0 Å². The molecular formula is C9H13N3O2. The van der Waals surface area contributed by atoms with E-state index in [-0.39, 0.29) is 6.04 Å². The van der Waals surface area contributed by atoms with E-state index >= 15 is 0 Å². The van der Waals surface area contributed by atoms with Gasteiger partial charge < -0.3 is 16.2 Å². The third-order valence-electron chi connectivity index (χ3n) is 1.84. The summed E-state index contributed by atoms with van der Waals surface area (Å²) in [5, 5.41) is 0. The van der Waals surface area contributed by atoms with Crippen LogP contribution in [0.3, 0.4) is 0 Å². The number of aromatic nitrogens is 1. The third-order valence-corrected chi connectivity index (χ3v) is 1.84. The second-order valence-electron chi connectivity index (χ2n) is 2.81. The number of rotatable bonds is 3. The van der Waals surface area contributed by atoms with Crippen LogP contribution in [0.15, 0.2) is 18.3 Å². The third kappa shape index (κ3) is 2.27. The molecule has 0 amide bonds. The van der Waals surface area contributed by atoms with Crippen LogP contribution in [0, 0.1) is 0 Å². The topological polar surface area (TPSA) is 91.2 Å². The molecule has 0 aliphatic carbocycles. The van der Waals surface area contributed by atoms with Crippen molar-refractivity contribution in [2.45, 2.75) is 6.04 Å². The maximum atomic E-state index is 11.0. The summed E-state index contributed by atoms with van der Waals surface area (Å²) in [5.74, 6) is -0.412. The number of carbonyl (C=O) groups is 1. The highest BCUT2D eigenvalue weighted by Crippen LogP contribution is 2.07. The number of methoxy groups -OCH3 is 1. The predicted octanol–water partition coefficient (Wildman–Crippen LogP) is -0.173. The smallest absolute Gasteiger partial charge is 0.339 e. The number of pyridine rings is 1. The Kier molecular flexibility index (Phi) is 3.55. The molecule has 1 rings (SSSR count). The van der Waals surface area contributed by atoms with Crippen molar-refractivity contribution in [2.75, 3.05) is 13.7 Å². The van der Waals surface area contributed by atoms with E-state index in [9.17, 15) is 4.79 Å². The Morgan fingerprint density at radius 3 is 2.79 bits per heavy atom. The van der Waals surface area contributed by atoms with Crippen LogP contribution in [0.2, 0.25) is 0 Å². The van der Waals surface area contributed by atoms with Gasteiger partial charge in [-0.05, 0) is 12.1 Å². The largest absolute Gasteiger partial charge is 0.465 e. The number of hydrogen-bond acceptors (Lipinski definition) is 5. The van der Waals surface area contributed by atoms with Crippen molar-refractivity contribution in [1.29, 1.82) is 0 Å². The quantitative estimate of drug-likeness (QED) is 0.653. The minimum Gasteiger partial charge on any atom is -0.465 e. The number of carbonyl (C=O) groups excluding carboxylic acids is 1. The van der Waals surface area contributed by atoms with Gasteiger partial charge in [-0.3, -0.25) is 4.98 Å². The SMILES string of the molecule is COC(=O)c1ccc(C(N)CN)nc1. The second-order valence-corrected chi connectivity index (χ2v) is 2.81. The first-order chi connectivity index (χ1) is 6.69. The van der Waals surface area contributed by atoms with Gasteiger partial charge in [-0.1, -0.05) is 0 Å². The molecule has 1 aromatic rings. The molecule has 5 nitrogen and oxygen atoms in total. The summed E-state index contributed by atoms with van der Waals surface area (Å²) in [7, 11) is 1.32. The zero-order valence-electron chi connectivity index (χ0n) is 7.93. The van der Waals surface area contributed by atoms with Gasteiger partial charge in [0.2, 0.25) is 0 Å². The fraction of sp³-hybridized carbons (Fsp3) is 0.333. The van der Waals surface area contributed by atoms with Crippen molar-refractivity contribution < 1.29 is 9.53 Å².